The van der Waals surface area contributed by atoms with Gasteiger partial charge in [-0.15, -0.1) is 0 Å². The summed E-state index contributed by atoms with van der Waals surface area (Å²) in [5, 5.41) is 0. The van der Waals surface area contributed by atoms with Gasteiger partial charge in [-0.1, -0.05) is 30.3 Å². The van der Waals surface area contributed by atoms with E-state index in [0.717, 1.165) is 5.56 Å². The molecule has 0 N–H and O–H groups in total. The predicted molar refractivity (Wildman–Crippen MR) is 93.2 cm³/mol. The van der Waals surface area contributed by atoms with Crippen molar-refractivity contribution in [3.8, 4) is 0 Å². The molecule has 4 rings (SSSR count). The van der Waals surface area contributed by atoms with E-state index in [-0.39, 0.29) is 18.3 Å². The summed E-state index contributed by atoms with van der Waals surface area (Å²) in [6.45, 7) is 10.5. The monoisotopic (exact) mass is 364 g/mol. The number of fused-ring (bicyclic) bond motifs is 1. The maximum atomic E-state index is 6.41. The van der Waals surface area contributed by atoms with Crippen LogP contribution in [0, 0.1) is 0 Å². The molecule has 0 saturated carbocycles. The van der Waals surface area contributed by atoms with Crippen molar-refractivity contribution >= 4 is 0 Å². The van der Waals surface area contributed by atoms with E-state index in [1.54, 1.807) is 0 Å². The van der Waals surface area contributed by atoms with Crippen LogP contribution in [0.1, 0.15) is 40.2 Å². The van der Waals surface area contributed by atoms with Crippen LogP contribution < -0.4 is 0 Å². The zero-order valence-corrected chi connectivity index (χ0v) is 16.1. The van der Waals surface area contributed by atoms with Crippen LogP contribution >= 0.6 is 0 Å². The lowest BCUT2D eigenvalue weighted by Crippen LogP contribution is -2.53. The van der Waals surface area contributed by atoms with Crippen LogP contribution in [0.4, 0.5) is 0 Å². The Labute approximate surface area is 154 Å². The lowest BCUT2D eigenvalue weighted by atomic mass is 9.91. The second-order valence-corrected chi connectivity index (χ2v) is 8.31. The molecule has 3 aliphatic rings. The first-order valence-electron chi connectivity index (χ1n) is 9.19. The molecule has 0 spiro atoms. The van der Waals surface area contributed by atoms with Gasteiger partial charge in [0.1, 0.15) is 23.9 Å². The van der Waals surface area contributed by atoms with Crippen LogP contribution in [-0.2, 0) is 35.0 Å². The Morgan fingerprint density at radius 1 is 0.923 bits per heavy atom. The van der Waals surface area contributed by atoms with E-state index in [0.29, 0.717) is 13.2 Å². The van der Waals surface area contributed by atoms with Gasteiger partial charge in [0.2, 0.25) is 0 Å². The first-order valence-corrected chi connectivity index (χ1v) is 9.19. The van der Waals surface area contributed by atoms with Crippen molar-refractivity contribution in [1.82, 2.24) is 0 Å². The molecular weight excluding hydrogens is 336 g/mol. The minimum atomic E-state index is -0.720. The second-order valence-electron chi connectivity index (χ2n) is 8.31. The van der Waals surface area contributed by atoms with Gasteiger partial charge in [0.25, 0.3) is 0 Å². The zero-order chi connectivity index (χ0) is 18.6. The molecule has 0 radical (unpaired) electrons. The summed E-state index contributed by atoms with van der Waals surface area (Å²) in [6, 6.07) is 10.1. The average molecular weight is 364 g/mol. The third kappa shape index (κ3) is 3.30. The molecule has 144 valence electrons. The van der Waals surface area contributed by atoms with Crippen molar-refractivity contribution in [2.24, 2.45) is 0 Å². The minimum absolute atomic E-state index is 0.244. The van der Waals surface area contributed by atoms with E-state index in [1.165, 1.54) is 0 Å². The Bertz CT molecular complexity index is 645. The van der Waals surface area contributed by atoms with E-state index in [4.69, 9.17) is 28.4 Å². The number of ether oxygens (including phenoxy) is 6. The van der Waals surface area contributed by atoms with Crippen molar-refractivity contribution in [3.05, 3.63) is 35.9 Å². The maximum Gasteiger partial charge on any atom is 0.190 e. The Hall–Kier alpha value is -1.02. The van der Waals surface area contributed by atoms with Gasteiger partial charge in [-0.2, -0.15) is 0 Å². The van der Waals surface area contributed by atoms with Crippen molar-refractivity contribution in [3.63, 3.8) is 0 Å². The van der Waals surface area contributed by atoms with Gasteiger partial charge in [0, 0.05) is 0 Å². The van der Waals surface area contributed by atoms with Crippen molar-refractivity contribution in [2.45, 2.75) is 83.0 Å². The van der Waals surface area contributed by atoms with Crippen LogP contribution in [0.25, 0.3) is 0 Å². The lowest BCUT2D eigenvalue weighted by molar-refractivity contribution is -0.254. The summed E-state index contributed by atoms with van der Waals surface area (Å²) in [5.74, 6) is -1.34. The van der Waals surface area contributed by atoms with Gasteiger partial charge >= 0.3 is 0 Å². The summed E-state index contributed by atoms with van der Waals surface area (Å²) in [7, 11) is 0. The highest BCUT2D eigenvalue weighted by Gasteiger charge is 2.65. The van der Waals surface area contributed by atoms with E-state index >= 15 is 0 Å². The normalized spacial score (nSPS) is 40.7. The van der Waals surface area contributed by atoms with E-state index < -0.39 is 23.5 Å². The highest BCUT2D eigenvalue weighted by molar-refractivity contribution is 5.14. The highest BCUT2D eigenvalue weighted by Crippen LogP contribution is 2.47. The molecule has 5 unspecified atom stereocenters. The van der Waals surface area contributed by atoms with E-state index in [9.17, 15) is 0 Å². The molecule has 0 aliphatic carbocycles. The largest absolute Gasteiger partial charge is 0.365 e. The van der Waals surface area contributed by atoms with Crippen molar-refractivity contribution < 1.29 is 28.4 Å². The predicted octanol–water partition coefficient (Wildman–Crippen LogP) is 2.99. The van der Waals surface area contributed by atoms with Crippen molar-refractivity contribution in [2.75, 3.05) is 6.61 Å². The third-order valence-corrected chi connectivity index (χ3v) is 5.23. The quantitative estimate of drug-likeness (QED) is 0.819. The van der Waals surface area contributed by atoms with Gasteiger partial charge in [0.15, 0.2) is 17.9 Å². The number of benzene rings is 1. The fraction of sp³-hybridized carbons (Fsp3) is 0.700. The zero-order valence-electron chi connectivity index (χ0n) is 16.1. The summed E-state index contributed by atoms with van der Waals surface area (Å²) >= 11 is 0. The van der Waals surface area contributed by atoms with Gasteiger partial charge in [-0.05, 0) is 40.2 Å². The molecule has 0 bridgehead atoms. The molecule has 0 amide bonds. The highest BCUT2D eigenvalue weighted by atomic mass is 16.9. The minimum Gasteiger partial charge on any atom is -0.365 e. The average Bonchev–Trinajstić information content (AvgIpc) is 3.17. The summed E-state index contributed by atoms with van der Waals surface area (Å²) in [5.41, 5.74) is 0.376. The van der Waals surface area contributed by atoms with Gasteiger partial charge in [-0.3, -0.25) is 0 Å². The molecule has 5 atom stereocenters. The van der Waals surface area contributed by atoms with E-state index in [2.05, 4.69) is 0 Å². The van der Waals surface area contributed by atoms with Gasteiger partial charge < -0.3 is 28.4 Å². The fourth-order valence-electron chi connectivity index (χ4n) is 3.96. The number of rotatable bonds is 4. The molecule has 1 aromatic carbocycles. The van der Waals surface area contributed by atoms with E-state index in [1.807, 2.05) is 65.0 Å². The summed E-state index contributed by atoms with van der Waals surface area (Å²) < 4.78 is 36.5. The molecule has 6 heteroatoms. The molecule has 6 nitrogen and oxygen atoms in total. The molecule has 3 aliphatic heterocycles. The van der Waals surface area contributed by atoms with Crippen LogP contribution in [0.2, 0.25) is 0 Å². The Morgan fingerprint density at radius 2 is 1.65 bits per heavy atom. The topological polar surface area (TPSA) is 55.4 Å². The fourth-order valence-corrected chi connectivity index (χ4v) is 3.96. The standard InChI is InChI=1S/C20H28O6/c1-18(2)21-12-14(24-18)15-20(5,22-11-13-9-7-6-8-10-13)16-17(23-15)26-19(3,4)25-16/h6-10,14-17H,11-12H2,1-5H3. The number of hydrogen-bond donors (Lipinski definition) is 0. The molecule has 3 fully saturated rings. The second kappa shape index (κ2) is 6.26. The van der Waals surface area contributed by atoms with Crippen molar-refractivity contribution in [1.29, 1.82) is 0 Å². The third-order valence-electron chi connectivity index (χ3n) is 5.23. The van der Waals surface area contributed by atoms with Gasteiger partial charge in [-0.25, -0.2) is 0 Å². The molecule has 26 heavy (non-hydrogen) atoms. The first kappa shape index (κ1) is 18.3. The lowest BCUT2D eigenvalue weighted by Gasteiger charge is -2.37. The smallest absolute Gasteiger partial charge is 0.190 e. The first-order chi connectivity index (χ1) is 12.2. The molecule has 1 aromatic rings. The molecule has 3 saturated heterocycles. The Balaban J connectivity index is 1.57. The summed E-state index contributed by atoms with van der Waals surface area (Å²) in [4.78, 5) is 0. The SMILES string of the molecule is CC1(C)OCC(C2OC3OC(C)(C)OC3C2(C)OCc2ccccc2)O1. The molecule has 0 aromatic heterocycles. The van der Waals surface area contributed by atoms with Crippen LogP contribution in [0.3, 0.4) is 0 Å². The van der Waals surface area contributed by atoms with Crippen LogP contribution in [-0.4, -0.2) is 48.4 Å². The van der Waals surface area contributed by atoms with Gasteiger partial charge in [0.05, 0.1) is 13.2 Å². The molecule has 3 heterocycles. The molecular formula is C20H28O6. The van der Waals surface area contributed by atoms with Crippen LogP contribution in [0.15, 0.2) is 30.3 Å². The Kier molecular flexibility index (Phi) is 4.42. The summed E-state index contributed by atoms with van der Waals surface area (Å²) in [6.07, 6.45) is -1.41. The maximum absolute atomic E-state index is 6.41. The Morgan fingerprint density at radius 3 is 2.31 bits per heavy atom. The number of hydrogen-bond acceptors (Lipinski definition) is 6. The van der Waals surface area contributed by atoms with Crippen LogP contribution in [0.5, 0.6) is 0 Å².